The molecule has 7 heteroatoms. The van der Waals surface area contributed by atoms with E-state index in [1.165, 1.54) is 10.0 Å². The zero-order valence-electron chi connectivity index (χ0n) is 16.5. The summed E-state index contributed by atoms with van der Waals surface area (Å²) in [4.78, 5) is 38.9. The van der Waals surface area contributed by atoms with Crippen LogP contribution < -0.4 is 5.32 Å². The highest BCUT2D eigenvalue weighted by atomic mass is 16.5. The van der Waals surface area contributed by atoms with E-state index in [4.69, 9.17) is 4.74 Å². The summed E-state index contributed by atoms with van der Waals surface area (Å²) in [6.45, 7) is 2.29. The molecule has 0 aromatic rings. The highest BCUT2D eigenvalue weighted by Crippen LogP contribution is 2.36. The van der Waals surface area contributed by atoms with Crippen molar-refractivity contribution in [1.29, 1.82) is 0 Å². The first-order valence-electron chi connectivity index (χ1n) is 10.5. The quantitative estimate of drug-likeness (QED) is 0.801. The van der Waals surface area contributed by atoms with E-state index >= 15 is 0 Å². The van der Waals surface area contributed by atoms with E-state index in [0.29, 0.717) is 18.5 Å². The second-order valence-corrected chi connectivity index (χ2v) is 8.35. The lowest BCUT2D eigenvalue weighted by molar-refractivity contribution is -0.165. The van der Waals surface area contributed by atoms with Crippen molar-refractivity contribution in [2.75, 3.05) is 13.2 Å². The number of nitrogens with one attached hydrogen (secondary N) is 1. The van der Waals surface area contributed by atoms with E-state index in [0.717, 1.165) is 44.9 Å². The summed E-state index contributed by atoms with van der Waals surface area (Å²) in [5.41, 5.74) is -0.428. The van der Waals surface area contributed by atoms with Gasteiger partial charge in [0.1, 0.15) is 12.1 Å². The fourth-order valence-electron chi connectivity index (χ4n) is 4.87. The molecule has 28 heavy (non-hydrogen) atoms. The lowest BCUT2D eigenvalue weighted by Crippen LogP contribution is -2.64. The van der Waals surface area contributed by atoms with Gasteiger partial charge in [0, 0.05) is 18.5 Å². The molecule has 4 rings (SSSR count). The Balaban J connectivity index is 1.60. The Hall–Kier alpha value is -2.15. The number of amides is 3. The minimum atomic E-state index is -1.04. The molecular formula is C21H29N3O4. The molecule has 0 radical (unpaired) electrons. The molecule has 3 fully saturated rings. The molecule has 0 aromatic heterocycles. The second kappa shape index (κ2) is 7.70. The Morgan fingerprint density at radius 1 is 1.18 bits per heavy atom. The monoisotopic (exact) mass is 387 g/mol. The molecule has 2 atom stereocenters. The molecule has 4 aliphatic rings. The maximum absolute atomic E-state index is 13.7. The summed E-state index contributed by atoms with van der Waals surface area (Å²) in [6, 6.07) is 0. The predicted molar refractivity (Wildman–Crippen MR) is 102 cm³/mol. The van der Waals surface area contributed by atoms with Crippen molar-refractivity contribution < 1.29 is 19.1 Å². The van der Waals surface area contributed by atoms with Crippen LogP contribution in [0, 0.1) is 5.92 Å². The SMILES string of the molecule is CC(NC(=O)C1=CCCC=C1)(C(=O)N1CCC2OCC(=O)N21)C1CCCCC1. The Labute approximate surface area is 165 Å². The van der Waals surface area contributed by atoms with Gasteiger partial charge < -0.3 is 10.1 Å². The van der Waals surface area contributed by atoms with Crippen LogP contribution >= 0.6 is 0 Å². The van der Waals surface area contributed by atoms with Gasteiger partial charge in [-0.05, 0) is 38.5 Å². The lowest BCUT2D eigenvalue weighted by Gasteiger charge is -2.42. The Bertz CT molecular complexity index is 725. The van der Waals surface area contributed by atoms with E-state index < -0.39 is 5.54 Å². The van der Waals surface area contributed by atoms with Crippen LogP contribution in [0.5, 0.6) is 0 Å². The minimum absolute atomic E-state index is 0.0125. The molecule has 0 spiro atoms. The largest absolute Gasteiger partial charge is 0.346 e. The molecule has 1 N–H and O–H groups in total. The molecule has 2 aliphatic carbocycles. The maximum atomic E-state index is 13.7. The van der Waals surface area contributed by atoms with Gasteiger partial charge in [0.25, 0.3) is 17.7 Å². The van der Waals surface area contributed by atoms with Gasteiger partial charge in [0.2, 0.25) is 0 Å². The molecule has 2 saturated heterocycles. The smallest absolute Gasteiger partial charge is 0.269 e. The summed E-state index contributed by atoms with van der Waals surface area (Å²) < 4.78 is 5.48. The molecule has 2 unspecified atom stereocenters. The zero-order valence-corrected chi connectivity index (χ0v) is 16.5. The molecule has 2 heterocycles. The maximum Gasteiger partial charge on any atom is 0.269 e. The summed E-state index contributed by atoms with van der Waals surface area (Å²) in [5.74, 6) is -0.541. The number of allylic oxidation sites excluding steroid dienone is 2. The zero-order chi connectivity index (χ0) is 19.7. The van der Waals surface area contributed by atoms with Gasteiger partial charge in [-0.2, -0.15) is 0 Å². The average molecular weight is 387 g/mol. The molecule has 2 aliphatic heterocycles. The van der Waals surface area contributed by atoms with Gasteiger partial charge in [-0.1, -0.05) is 37.5 Å². The first-order chi connectivity index (χ1) is 13.5. The number of fused-ring (bicyclic) bond motifs is 1. The molecular weight excluding hydrogens is 358 g/mol. The van der Waals surface area contributed by atoms with Crippen LogP contribution in [-0.4, -0.2) is 52.7 Å². The Morgan fingerprint density at radius 3 is 2.68 bits per heavy atom. The average Bonchev–Trinajstić information content (AvgIpc) is 3.31. The van der Waals surface area contributed by atoms with Crippen molar-refractivity contribution in [1.82, 2.24) is 15.3 Å². The summed E-state index contributed by atoms with van der Waals surface area (Å²) in [7, 11) is 0. The summed E-state index contributed by atoms with van der Waals surface area (Å²) >= 11 is 0. The molecule has 152 valence electrons. The molecule has 7 nitrogen and oxygen atoms in total. The minimum Gasteiger partial charge on any atom is -0.346 e. The van der Waals surface area contributed by atoms with E-state index in [9.17, 15) is 14.4 Å². The number of hydrogen-bond acceptors (Lipinski definition) is 4. The number of nitrogens with zero attached hydrogens (tertiary/aromatic N) is 2. The molecule has 3 amide bonds. The third-order valence-corrected chi connectivity index (χ3v) is 6.51. The van der Waals surface area contributed by atoms with Crippen LogP contribution in [0.4, 0.5) is 0 Å². The van der Waals surface area contributed by atoms with Gasteiger partial charge >= 0.3 is 0 Å². The molecule has 0 aromatic carbocycles. The van der Waals surface area contributed by atoms with Gasteiger partial charge in [0.15, 0.2) is 6.23 Å². The standard InChI is InChI=1S/C21H29N3O4/c1-21(16-10-6-3-7-11-16,22-19(26)15-8-4-2-5-9-15)20(27)23-13-12-18-24(23)17(25)14-28-18/h4,8-9,16,18H,2-3,5-7,10-14H2,1H3,(H,22,26). The lowest BCUT2D eigenvalue weighted by atomic mass is 9.74. The van der Waals surface area contributed by atoms with E-state index in [-0.39, 0.29) is 36.5 Å². The number of hydrogen-bond donors (Lipinski definition) is 1. The van der Waals surface area contributed by atoms with Crippen LogP contribution in [0.2, 0.25) is 0 Å². The number of carbonyl (C=O) groups is 3. The first-order valence-corrected chi connectivity index (χ1v) is 10.5. The van der Waals surface area contributed by atoms with Crippen LogP contribution in [0.3, 0.4) is 0 Å². The Morgan fingerprint density at radius 2 is 1.96 bits per heavy atom. The van der Waals surface area contributed by atoms with Crippen molar-refractivity contribution in [2.24, 2.45) is 5.92 Å². The fraction of sp³-hybridized carbons (Fsp3) is 0.667. The number of hydrazine groups is 1. The van der Waals surface area contributed by atoms with E-state index in [1.54, 1.807) is 0 Å². The fourth-order valence-corrected chi connectivity index (χ4v) is 4.87. The normalized spacial score (nSPS) is 27.4. The van der Waals surface area contributed by atoms with Gasteiger partial charge in [0.05, 0.1) is 0 Å². The topological polar surface area (TPSA) is 79.0 Å². The Kier molecular flexibility index (Phi) is 5.27. The van der Waals surface area contributed by atoms with E-state index in [1.807, 2.05) is 25.2 Å². The number of carbonyl (C=O) groups excluding carboxylic acids is 3. The summed E-state index contributed by atoms with van der Waals surface area (Å²) in [5, 5.41) is 6.04. The van der Waals surface area contributed by atoms with Crippen LogP contribution in [0.15, 0.2) is 23.8 Å². The molecule has 0 bridgehead atoms. The van der Waals surface area contributed by atoms with Crippen molar-refractivity contribution in [3.8, 4) is 0 Å². The number of ether oxygens (including phenoxy) is 1. The number of rotatable bonds is 4. The van der Waals surface area contributed by atoms with Crippen LogP contribution in [-0.2, 0) is 19.1 Å². The third-order valence-electron chi connectivity index (χ3n) is 6.51. The van der Waals surface area contributed by atoms with Crippen LogP contribution in [0.1, 0.15) is 58.3 Å². The third kappa shape index (κ3) is 3.36. The van der Waals surface area contributed by atoms with Crippen molar-refractivity contribution in [3.05, 3.63) is 23.8 Å². The van der Waals surface area contributed by atoms with Crippen molar-refractivity contribution in [3.63, 3.8) is 0 Å². The van der Waals surface area contributed by atoms with Crippen LogP contribution in [0.25, 0.3) is 0 Å². The van der Waals surface area contributed by atoms with Gasteiger partial charge in [-0.15, -0.1) is 0 Å². The molecule has 1 saturated carbocycles. The van der Waals surface area contributed by atoms with Gasteiger partial charge in [-0.3, -0.25) is 14.4 Å². The van der Waals surface area contributed by atoms with Crippen molar-refractivity contribution >= 4 is 17.7 Å². The van der Waals surface area contributed by atoms with E-state index in [2.05, 4.69) is 5.32 Å². The second-order valence-electron chi connectivity index (χ2n) is 8.35. The first kappa shape index (κ1) is 19.2. The predicted octanol–water partition coefficient (Wildman–Crippen LogP) is 2.05. The highest BCUT2D eigenvalue weighted by molar-refractivity contribution is 6.01. The van der Waals surface area contributed by atoms with Gasteiger partial charge in [-0.25, -0.2) is 10.0 Å². The van der Waals surface area contributed by atoms with Crippen molar-refractivity contribution in [2.45, 2.75) is 70.1 Å². The highest BCUT2D eigenvalue weighted by Gasteiger charge is 2.51. The summed E-state index contributed by atoms with van der Waals surface area (Å²) in [6.07, 6.45) is 12.8.